The monoisotopic (exact) mass is 522 g/mol. The summed E-state index contributed by atoms with van der Waals surface area (Å²) in [7, 11) is 1.54. The molecule has 4 N–H and O–H groups in total. The number of aromatic nitrogens is 3. The van der Waals surface area contributed by atoms with Crippen molar-refractivity contribution < 1.29 is 23.0 Å². The summed E-state index contributed by atoms with van der Waals surface area (Å²) in [5, 5.41) is 13.6. The second kappa shape index (κ2) is 8.91. The van der Waals surface area contributed by atoms with Crippen LogP contribution in [0.3, 0.4) is 0 Å². The van der Waals surface area contributed by atoms with Crippen LogP contribution in [0, 0.1) is 0 Å². The van der Waals surface area contributed by atoms with Gasteiger partial charge in [0.25, 0.3) is 5.56 Å². The minimum absolute atomic E-state index is 0.0632. The van der Waals surface area contributed by atoms with E-state index in [1.165, 1.54) is 19.4 Å². The van der Waals surface area contributed by atoms with Gasteiger partial charge in [-0.2, -0.15) is 13.2 Å². The lowest BCUT2D eigenvalue weighted by atomic mass is 10.1. The standard InChI is InChI=1S/C22H18BrF3N4O3/c1-33-18-5-2-11(8-13(18)23)17(31)10-28-15-6-7-27-21(32)19(15)20-29-14-4-3-12(22(24,25)26)9-16(14)30-20/h2-9,17,31H,10H2,1H3,(H,29,30)(H2,27,28,32). The second-order valence-electron chi connectivity index (χ2n) is 7.20. The molecule has 0 amide bonds. The number of anilines is 1. The Hall–Kier alpha value is -3.31. The molecule has 2 aromatic carbocycles. The van der Waals surface area contributed by atoms with Crippen LogP contribution in [0.5, 0.6) is 5.75 Å². The molecule has 0 spiro atoms. The van der Waals surface area contributed by atoms with E-state index in [4.69, 9.17) is 4.74 Å². The highest BCUT2D eigenvalue weighted by Gasteiger charge is 2.31. The number of hydrogen-bond donors (Lipinski definition) is 4. The summed E-state index contributed by atoms with van der Waals surface area (Å²) >= 11 is 3.37. The van der Waals surface area contributed by atoms with E-state index in [-0.39, 0.29) is 29.0 Å². The van der Waals surface area contributed by atoms with Gasteiger partial charge in [-0.05, 0) is 57.9 Å². The molecular formula is C22H18BrF3N4O3. The molecule has 2 aromatic heterocycles. The van der Waals surface area contributed by atoms with Crippen molar-refractivity contribution in [1.29, 1.82) is 0 Å². The van der Waals surface area contributed by atoms with E-state index in [2.05, 4.69) is 36.2 Å². The lowest BCUT2D eigenvalue weighted by Crippen LogP contribution is -2.17. The number of pyridine rings is 1. The lowest BCUT2D eigenvalue weighted by molar-refractivity contribution is -0.137. The molecule has 0 fully saturated rings. The zero-order valence-corrected chi connectivity index (χ0v) is 18.7. The normalized spacial score (nSPS) is 12.7. The number of aromatic amines is 2. The highest BCUT2D eigenvalue weighted by atomic mass is 79.9. The molecule has 0 radical (unpaired) electrons. The number of benzene rings is 2. The lowest BCUT2D eigenvalue weighted by Gasteiger charge is -2.16. The summed E-state index contributed by atoms with van der Waals surface area (Å²) in [5.74, 6) is 0.727. The Labute approximate surface area is 193 Å². The Bertz CT molecular complexity index is 1370. The highest BCUT2D eigenvalue weighted by molar-refractivity contribution is 9.10. The zero-order chi connectivity index (χ0) is 23.8. The number of imidazole rings is 1. The minimum Gasteiger partial charge on any atom is -0.496 e. The molecule has 4 aromatic rings. The van der Waals surface area contributed by atoms with Crippen LogP contribution in [0.15, 0.2) is 57.9 Å². The number of nitrogens with zero attached hydrogens (tertiary/aromatic N) is 1. The Morgan fingerprint density at radius 2 is 2.00 bits per heavy atom. The predicted molar refractivity (Wildman–Crippen MR) is 121 cm³/mol. The number of halogens is 4. The van der Waals surface area contributed by atoms with Crippen LogP contribution in [0.25, 0.3) is 22.4 Å². The maximum Gasteiger partial charge on any atom is 0.416 e. The van der Waals surface area contributed by atoms with Gasteiger partial charge < -0.3 is 25.1 Å². The van der Waals surface area contributed by atoms with Crippen LogP contribution < -0.4 is 15.6 Å². The SMILES string of the molecule is COc1ccc(C(O)CNc2cc[nH]c(=O)c2-c2nc3ccc(C(F)(F)F)cc3[nH]2)cc1Br. The van der Waals surface area contributed by atoms with Gasteiger partial charge in [0.2, 0.25) is 0 Å². The number of H-pyrrole nitrogens is 2. The smallest absolute Gasteiger partial charge is 0.416 e. The van der Waals surface area contributed by atoms with Crippen LogP contribution in [-0.4, -0.2) is 33.7 Å². The van der Waals surface area contributed by atoms with Gasteiger partial charge in [0, 0.05) is 12.7 Å². The molecule has 1 atom stereocenters. The summed E-state index contributed by atoms with van der Waals surface area (Å²) in [6.45, 7) is 0.0632. The quantitative estimate of drug-likeness (QED) is 0.289. The first-order valence-electron chi connectivity index (χ1n) is 9.72. The number of fused-ring (bicyclic) bond motifs is 1. The first-order chi connectivity index (χ1) is 15.7. The fraction of sp³-hybridized carbons (Fsp3) is 0.182. The van der Waals surface area contributed by atoms with Crippen molar-refractivity contribution >= 4 is 32.7 Å². The van der Waals surface area contributed by atoms with E-state index < -0.39 is 23.4 Å². The molecule has 11 heteroatoms. The molecule has 1 unspecified atom stereocenters. The Kier molecular flexibility index (Phi) is 6.17. The third-order valence-electron chi connectivity index (χ3n) is 5.05. The molecule has 0 saturated carbocycles. The van der Waals surface area contributed by atoms with E-state index in [0.717, 1.165) is 12.1 Å². The summed E-state index contributed by atoms with van der Waals surface area (Å²) in [6, 6.07) is 9.86. The van der Waals surface area contributed by atoms with Crippen molar-refractivity contribution in [2.45, 2.75) is 12.3 Å². The van der Waals surface area contributed by atoms with Gasteiger partial charge in [-0.15, -0.1) is 0 Å². The predicted octanol–water partition coefficient (Wildman–Crippen LogP) is 4.85. The molecule has 0 aliphatic carbocycles. The van der Waals surface area contributed by atoms with Crippen molar-refractivity contribution in [3.05, 3.63) is 74.6 Å². The minimum atomic E-state index is -4.50. The van der Waals surface area contributed by atoms with Crippen LogP contribution in [-0.2, 0) is 6.18 Å². The van der Waals surface area contributed by atoms with Gasteiger partial charge in [0.05, 0.1) is 40.0 Å². The second-order valence-corrected chi connectivity index (χ2v) is 8.06. The topological polar surface area (TPSA) is 103 Å². The summed E-state index contributed by atoms with van der Waals surface area (Å²) < 4.78 is 44.9. The van der Waals surface area contributed by atoms with Gasteiger partial charge in [0.1, 0.15) is 17.1 Å². The van der Waals surface area contributed by atoms with Crippen LogP contribution in [0.2, 0.25) is 0 Å². The van der Waals surface area contributed by atoms with E-state index in [0.29, 0.717) is 21.5 Å². The molecule has 0 aliphatic heterocycles. The van der Waals surface area contributed by atoms with E-state index in [1.54, 1.807) is 24.3 Å². The number of rotatable bonds is 6. The number of aliphatic hydroxyl groups is 1. The fourth-order valence-corrected chi connectivity index (χ4v) is 3.94. The number of hydrogen-bond acceptors (Lipinski definition) is 5. The van der Waals surface area contributed by atoms with Crippen molar-refractivity contribution in [3.8, 4) is 17.1 Å². The average molecular weight is 523 g/mol. The highest BCUT2D eigenvalue weighted by Crippen LogP contribution is 2.32. The molecule has 0 aliphatic rings. The first kappa shape index (κ1) is 22.9. The summed E-state index contributed by atoms with van der Waals surface area (Å²) in [6.07, 6.45) is -3.98. The number of aliphatic hydroxyl groups excluding tert-OH is 1. The van der Waals surface area contributed by atoms with E-state index in [1.807, 2.05) is 0 Å². The maximum atomic E-state index is 13.0. The molecule has 4 rings (SSSR count). The fourth-order valence-electron chi connectivity index (χ4n) is 3.38. The van der Waals surface area contributed by atoms with Gasteiger partial charge in [-0.25, -0.2) is 4.98 Å². The van der Waals surface area contributed by atoms with E-state index in [9.17, 15) is 23.1 Å². The molecule has 0 bridgehead atoms. The largest absolute Gasteiger partial charge is 0.496 e. The van der Waals surface area contributed by atoms with Crippen molar-refractivity contribution in [1.82, 2.24) is 15.0 Å². The number of ether oxygens (including phenoxy) is 1. The Balaban J connectivity index is 1.63. The van der Waals surface area contributed by atoms with E-state index >= 15 is 0 Å². The van der Waals surface area contributed by atoms with Crippen molar-refractivity contribution in [3.63, 3.8) is 0 Å². The molecule has 172 valence electrons. The third-order valence-corrected chi connectivity index (χ3v) is 5.67. The molecule has 2 heterocycles. The van der Waals surface area contributed by atoms with Gasteiger partial charge in [-0.1, -0.05) is 6.07 Å². The summed E-state index contributed by atoms with van der Waals surface area (Å²) in [5.41, 5.74) is 0.222. The van der Waals surface area contributed by atoms with Crippen LogP contribution in [0.4, 0.5) is 18.9 Å². The van der Waals surface area contributed by atoms with Crippen molar-refractivity contribution in [2.24, 2.45) is 0 Å². The van der Waals surface area contributed by atoms with Gasteiger partial charge in [-0.3, -0.25) is 4.79 Å². The van der Waals surface area contributed by atoms with Crippen LogP contribution in [0.1, 0.15) is 17.2 Å². The molecule has 0 saturated heterocycles. The van der Waals surface area contributed by atoms with Gasteiger partial charge in [0.15, 0.2) is 0 Å². The number of methoxy groups -OCH3 is 1. The summed E-state index contributed by atoms with van der Waals surface area (Å²) in [4.78, 5) is 22.2. The molecule has 7 nitrogen and oxygen atoms in total. The Morgan fingerprint density at radius 1 is 1.21 bits per heavy atom. The third kappa shape index (κ3) is 4.74. The van der Waals surface area contributed by atoms with Crippen molar-refractivity contribution in [2.75, 3.05) is 19.0 Å². The first-order valence-corrected chi connectivity index (χ1v) is 10.5. The molecular weight excluding hydrogens is 505 g/mol. The average Bonchev–Trinajstić information content (AvgIpc) is 3.19. The maximum absolute atomic E-state index is 13.0. The van der Waals surface area contributed by atoms with Gasteiger partial charge >= 0.3 is 6.18 Å². The molecule has 33 heavy (non-hydrogen) atoms. The zero-order valence-electron chi connectivity index (χ0n) is 17.1. The number of alkyl halides is 3. The Morgan fingerprint density at radius 3 is 2.70 bits per heavy atom. The van der Waals surface area contributed by atoms with Crippen LogP contribution >= 0.6 is 15.9 Å². The number of nitrogens with one attached hydrogen (secondary N) is 3.